The number of nitrogens with zero attached hydrogens (tertiary/aromatic N) is 2. The van der Waals surface area contributed by atoms with Gasteiger partial charge in [0, 0.05) is 17.6 Å². The molecule has 1 N–H and O–H groups in total. The van der Waals surface area contributed by atoms with E-state index in [2.05, 4.69) is 33.7 Å². The highest BCUT2D eigenvalue weighted by Crippen LogP contribution is 2.34. The minimum absolute atomic E-state index is 0.0290. The number of thiophene rings is 1. The van der Waals surface area contributed by atoms with Gasteiger partial charge >= 0.3 is 0 Å². The third-order valence-corrected chi connectivity index (χ3v) is 5.73. The molecule has 1 fully saturated rings. The van der Waals surface area contributed by atoms with E-state index in [9.17, 15) is 4.79 Å². The standard InChI is InChI=1S/C20H17N3O2S/c24-19-10-16(17-7-4-8-25-17)22-20-15(11-21-23(19)20)18-9-14(12-26-18)13-5-2-1-3-6-13/h1-3,5-6,9-12,17,22H,4,7-8H2. The Bertz CT molecular complexity index is 1120. The molecular weight excluding hydrogens is 346 g/mol. The Kier molecular flexibility index (Phi) is 3.72. The lowest BCUT2D eigenvalue weighted by atomic mass is 10.1. The first-order valence-corrected chi connectivity index (χ1v) is 9.54. The summed E-state index contributed by atoms with van der Waals surface area (Å²) in [6.07, 6.45) is 3.69. The van der Waals surface area contributed by atoms with Gasteiger partial charge in [-0.2, -0.15) is 9.61 Å². The highest BCUT2D eigenvalue weighted by Gasteiger charge is 2.21. The maximum atomic E-state index is 12.5. The number of hydrogen-bond acceptors (Lipinski definition) is 4. The molecule has 1 atom stereocenters. The SMILES string of the molecule is O=c1cc(C2CCCO2)[nH]c2c(-c3cc(-c4ccccc4)cs3)cnn12. The van der Waals surface area contributed by atoms with Crippen LogP contribution in [0.15, 0.2) is 58.8 Å². The summed E-state index contributed by atoms with van der Waals surface area (Å²) in [7, 11) is 0. The summed E-state index contributed by atoms with van der Waals surface area (Å²) < 4.78 is 7.16. The number of benzene rings is 1. The van der Waals surface area contributed by atoms with E-state index in [1.807, 2.05) is 18.2 Å². The van der Waals surface area contributed by atoms with Gasteiger partial charge in [-0.25, -0.2) is 0 Å². The smallest absolute Gasteiger partial charge is 0.274 e. The Morgan fingerprint density at radius 1 is 1.19 bits per heavy atom. The Labute approximate surface area is 153 Å². The maximum Gasteiger partial charge on any atom is 0.274 e. The second kappa shape index (κ2) is 6.23. The highest BCUT2D eigenvalue weighted by molar-refractivity contribution is 7.14. The van der Waals surface area contributed by atoms with Crippen molar-refractivity contribution in [2.45, 2.75) is 18.9 Å². The van der Waals surface area contributed by atoms with Crippen molar-refractivity contribution in [1.29, 1.82) is 0 Å². The van der Waals surface area contributed by atoms with Gasteiger partial charge < -0.3 is 9.72 Å². The molecule has 0 amide bonds. The largest absolute Gasteiger partial charge is 0.372 e. The molecule has 0 radical (unpaired) electrons. The zero-order valence-corrected chi connectivity index (χ0v) is 14.8. The summed E-state index contributed by atoms with van der Waals surface area (Å²) in [5, 5.41) is 6.42. The lowest BCUT2D eigenvalue weighted by molar-refractivity contribution is 0.108. The molecule has 4 heterocycles. The van der Waals surface area contributed by atoms with Crippen LogP contribution in [0.25, 0.3) is 27.2 Å². The van der Waals surface area contributed by atoms with Gasteiger partial charge in [0.25, 0.3) is 5.56 Å². The zero-order chi connectivity index (χ0) is 17.5. The average Bonchev–Trinajstić information content (AvgIpc) is 3.41. The van der Waals surface area contributed by atoms with Crippen LogP contribution < -0.4 is 5.56 Å². The van der Waals surface area contributed by atoms with Gasteiger partial charge in [-0.3, -0.25) is 4.79 Å². The van der Waals surface area contributed by atoms with Gasteiger partial charge in [0.05, 0.1) is 23.6 Å². The first-order valence-electron chi connectivity index (χ1n) is 8.66. The van der Waals surface area contributed by atoms with Crippen LogP contribution in [0.2, 0.25) is 0 Å². The molecule has 6 heteroatoms. The van der Waals surface area contributed by atoms with Gasteiger partial charge in [-0.1, -0.05) is 30.3 Å². The molecule has 0 spiro atoms. The molecule has 0 saturated carbocycles. The van der Waals surface area contributed by atoms with E-state index in [1.54, 1.807) is 23.6 Å². The second-order valence-corrected chi connectivity index (χ2v) is 7.36. The number of aromatic nitrogens is 3. The fraction of sp³-hybridized carbons (Fsp3) is 0.200. The monoisotopic (exact) mass is 363 g/mol. The number of H-pyrrole nitrogens is 1. The fourth-order valence-electron chi connectivity index (χ4n) is 3.44. The van der Waals surface area contributed by atoms with Crippen LogP contribution in [0.5, 0.6) is 0 Å². The van der Waals surface area contributed by atoms with Crippen LogP contribution >= 0.6 is 11.3 Å². The van der Waals surface area contributed by atoms with Crippen molar-refractivity contribution < 1.29 is 4.74 Å². The molecule has 26 heavy (non-hydrogen) atoms. The first-order chi connectivity index (χ1) is 12.8. The molecule has 130 valence electrons. The number of hydrogen-bond donors (Lipinski definition) is 1. The normalized spacial score (nSPS) is 17.2. The molecule has 1 aliphatic heterocycles. The van der Waals surface area contributed by atoms with E-state index in [4.69, 9.17) is 4.74 Å². The summed E-state index contributed by atoms with van der Waals surface area (Å²) in [6.45, 7) is 0.745. The van der Waals surface area contributed by atoms with Crippen molar-refractivity contribution >= 4 is 17.0 Å². The van der Waals surface area contributed by atoms with Gasteiger partial charge in [-0.05, 0) is 35.4 Å². The quantitative estimate of drug-likeness (QED) is 0.591. The van der Waals surface area contributed by atoms with Crippen molar-refractivity contribution in [3.63, 3.8) is 0 Å². The van der Waals surface area contributed by atoms with Gasteiger partial charge in [0.2, 0.25) is 0 Å². The molecule has 1 saturated heterocycles. The predicted octanol–water partition coefficient (Wildman–Crippen LogP) is 4.27. The summed E-state index contributed by atoms with van der Waals surface area (Å²) in [6, 6.07) is 14.0. The van der Waals surface area contributed by atoms with Crippen molar-refractivity contribution in [2.24, 2.45) is 0 Å². The van der Waals surface area contributed by atoms with Crippen LogP contribution in [-0.2, 0) is 4.74 Å². The van der Waals surface area contributed by atoms with Crippen molar-refractivity contribution in [2.75, 3.05) is 6.61 Å². The average molecular weight is 363 g/mol. The lowest BCUT2D eigenvalue weighted by Gasteiger charge is -2.10. The van der Waals surface area contributed by atoms with Crippen LogP contribution in [0.4, 0.5) is 0 Å². The molecule has 0 aliphatic carbocycles. The molecule has 1 aromatic carbocycles. The van der Waals surface area contributed by atoms with Crippen LogP contribution in [0, 0.1) is 0 Å². The van der Waals surface area contributed by atoms with Crippen LogP contribution in [0.3, 0.4) is 0 Å². The fourth-order valence-corrected chi connectivity index (χ4v) is 4.37. The molecule has 5 rings (SSSR count). The van der Waals surface area contributed by atoms with Crippen molar-refractivity contribution in [3.8, 4) is 21.6 Å². The van der Waals surface area contributed by atoms with E-state index in [0.29, 0.717) is 0 Å². The number of aromatic amines is 1. The van der Waals surface area contributed by atoms with Crippen molar-refractivity contribution in [1.82, 2.24) is 14.6 Å². The molecule has 5 nitrogen and oxygen atoms in total. The highest BCUT2D eigenvalue weighted by atomic mass is 32.1. The van der Waals surface area contributed by atoms with Gasteiger partial charge in [-0.15, -0.1) is 11.3 Å². The van der Waals surface area contributed by atoms with Crippen molar-refractivity contribution in [3.05, 3.63) is 70.1 Å². The Morgan fingerprint density at radius 2 is 2.08 bits per heavy atom. The number of ether oxygens (including phenoxy) is 1. The summed E-state index contributed by atoms with van der Waals surface area (Å²) >= 11 is 1.65. The van der Waals surface area contributed by atoms with E-state index >= 15 is 0 Å². The Hall–Kier alpha value is -2.70. The third kappa shape index (κ3) is 2.58. The third-order valence-electron chi connectivity index (χ3n) is 4.77. The van der Waals surface area contributed by atoms with Gasteiger partial charge in [0.1, 0.15) is 5.65 Å². The molecule has 0 bridgehead atoms. The molecule has 1 unspecified atom stereocenters. The number of nitrogens with one attached hydrogen (secondary N) is 1. The molecular formula is C20H17N3O2S. The van der Waals surface area contributed by atoms with E-state index in [1.165, 1.54) is 15.6 Å². The lowest BCUT2D eigenvalue weighted by Crippen LogP contribution is -2.17. The van der Waals surface area contributed by atoms with Crippen LogP contribution in [-0.4, -0.2) is 21.2 Å². The summed E-state index contributed by atoms with van der Waals surface area (Å²) in [5.74, 6) is 0. The summed E-state index contributed by atoms with van der Waals surface area (Å²) in [4.78, 5) is 16.9. The summed E-state index contributed by atoms with van der Waals surface area (Å²) in [5.41, 5.74) is 4.72. The Balaban J connectivity index is 1.61. The minimum atomic E-state index is -0.129. The topological polar surface area (TPSA) is 59.4 Å². The zero-order valence-electron chi connectivity index (χ0n) is 14.0. The van der Waals surface area contributed by atoms with E-state index < -0.39 is 0 Å². The Morgan fingerprint density at radius 3 is 2.88 bits per heavy atom. The second-order valence-electron chi connectivity index (χ2n) is 6.45. The first kappa shape index (κ1) is 15.5. The van der Waals surface area contributed by atoms with E-state index in [0.717, 1.165) is 41.2 Å². The predicted molar refractivity (Wildman–Crippen MR) is 102 cm³/mol. The van der Waals surface area contributed by atoms with Crippen LogP contribution in [0.1, 0.15) is 24.6 Å². The molecule has 1 aliphatic rings. The maximum absolute atomic E-state index is 12.5. The number of fused-ring (bicyclic) bond motifs is 1. The number of rotatable bonds is 3. The molecule has 4 aromatic rings. The minimum Gasteiger partial charge on any atom is -0.372 e. The van der Waals surface area contributed by atoms with Gasteiger partial charge in [0.15, 0.2) is 0 Å². The molecule has 3 aromatic heterocycles. The van der Waals surface area contributed by atoms with E-state index in [-0.39, 0.29) is 11.7 Å².